The summed E-state index contributed by atoms with van der Waals surface area (Å²) in [5, 5.41) is 6.94. The van der Waals surface area contributed by atoms with Crippen molar-refractivity contribution in [3.63, 3.8) is 0 Å². The summed E-state index contributed by atoms with van der Waals surface area (Å²) in [6.07, 6.45) is 0. The average Bonchev–Trinajstić information content (AvgIpc) is 2.98. The van der Waals surface area contributed by atoms with Crippen LogP contribution in [0.2, 0.25) is 0 Å². The van der Waals surface area contributed by atoms with Gasteiger partial charge in [-0.25, -0.2) is 4.98 Å². The molecule has 2 rings (SSSR count). The summed E-state index contributed by atoms with van der Waals surface area (Å²) in [6.45, 7) is 5.35. The summed E-state index contributed by atoms with van der Waals surface area (Å²) in [7, 11) is 1.60. The molecular weight excluding hydrogens is 284 g/mol. The molecule has 1 aromatic carbocycles. The molecule has 0 fully saturated rings. The van der Waals surface area contributed by atoms with Gasteiger partial charge in [-0.1, -0.05) is 6.07 Å². The number of nitrogens with one attached hydrogen (secondary N) is 1. The molecule has 0 radical (unpaired) electrons. The lowest BCUT2D eigenvalue weighted by molar-refractivity contribution is 0.178. The highest BCUT2D eigenvalue weighted by atomic mass is 16.5. The van der Waals surface area contributed by atoms with Crippen molar-refractivity contribution in [2.75, 3.05) is 20.3 Å². The van der Waals surface area contributed by atoms with E-state index in [1.54, 1.807) is 7.11 Å². The van der Waals surface area contributed by atoms with Gasteiger partial charge in [0.25, 0.3) is 0 Å². The Hall–Kier alpha value is -2.12. The second-order valence-corrected chi connectivity index (χ2v) is 4.62. The lowest BCUT2D eigenvalue weighted by Crippen LogP contribution is -2.14. The highest BCUT2D eigenvalue weighted by Crippen LogP contribution is 2.31. The van der Waals surface area contributed by atoms with Crippen LogP contribution in [0.15, 0.2) is 18.2 Å². The van der Waals surface area contributed by atoms with E-state index >= 15 is 0 Å². The number of aromatic nitrogens is 3. The van der Waals surface area contributed by atoms with Crippen LogP contribution in [0.4, 0.5) is 0 Å². The molecule has 0 aliphatic heterocycles. The molecule has 2 aromatic rings. The molecule has 22 heavy (non-hydrogen) atoms. The van der Waals surface area contributed by atoms with Gasteiger partial charge in [-0.3, -0.25) is 5.10 Å². The molecule has 0 spiro atoms. The van der Waals surface area contributed by atoms with Gasteiger partial charge in [-0.2, -0.15) is 5.10 Å². The number of hydrogen-bond acceptors (Lipinski definition) is 6. The standard InChI is InChI=1S/C15H22N4O3/c1-4-21-11-7-6-10(8-12(11)22-5-2)14(16)15-17-13(9-20-3)18-19-15/h6-8,14H,4-5,9,16H2,1-3H3,(H,17,18,19). The van der Waals surface area contributed by atoms with Gasteiger partial charge in [0.1, 0.15) is 6.61 Å². The Kier molecular flexibility index (Phi) is 5.74. The summed E-state index contributed by atoms with van der Waals surface area (Å²) in [5.74, 6) is 2.53. The molecule has 7 heteroatoms. The van der Waals surface area contributed by atoms with Crippen molar-refractivity contribution in [1.82, 2.24) is 15.2 Å². The van der Waals surface area contributed by atoms with Crippen LogP contribution in [0.25, 0.3) is 0 Å². The predicted molar refractivity (Wildman–Crippen MR) is 81.9 cm³/mol. The topological polar surface area (TPSA) is 95.3 Å². The molecule has 1 unspecified atom stereocenters. The fraction of sp³-hybridized carbons (Fsp3) is 0.467. The zero-order valence-electron chi connectivity index (χ0n) is 13.1. The Morgan fingerprint density at radius 1 is 1.18 bits per heavy atom. The average molecular weight is 306 g/mol. The van der Waals surface area contributed by atoms with Crippen LogP contribution in [0.5, 0.6) is 11.5 Å². The van der Waals surface area contributed by atoms with Crippen molar-refractivity contribution >= 4 is 0 Å². The maximum absolute atomic E-state index is 6.23. The first kappa shape index (κ1) is 16.3. The summed E-state index contributed by atoms with van der Waals surface area (Å²) in [5.41, 5.74) is 7.09. The summed E-state index contributed by atoms with van der Waals surface area (Å²) in [4.78, 5) is 4.32. The van der Waals surface area contributed by atoms with Crippen molar-refractivity contribution in [3.8, 4) is 11.5 Å². The third-order valence-corrected chi connectivity index (χ3v) is 3.03. The van der Waals surface area contributed by atoms with Crippen molar-refractivity contribution in [2.45, 2.75) is 26.5 Å². The first-order chi connectivity index (χ1) is 10.7. The van der Waals surface area contributed by atoms with Gasteiger partial charge in [0.2, 0.25) is 0 Å². The highest BCUT2D eigenvalue weighted by molar-refractivity contribution is 5.44. The molecule has 1 heterocycles. The quantitative estimate of drug-likeness (QED) is 0.772. The fourth-order valence-corrected chi connectivity index (χ4v) is 2.06. The third kappa shape index (κ3) is 3.75. The second-order valence-electron chi connectivity index (χ2n) is 4.62. The predicted octanol–water partition coefficient (Wildman–Crippen LogP) is 1.80. The van der Waals surface area contributed by atoms with Crippen LogP contribution >= 0.6 is 0 Å². The van der Waals surface area contributed by atoms with E-state index in [9.17, 15) is 0 Å². The molecule has 0 amide bonds. The van der Waals surface area contributed by atoms with Gasteiger partial charge in [-0.05, 0) is 31.5 Å². The lowest BCUT2D eigenvalue weighted by Gasteiger charge is -2.14. The minimum atomic E-state index is -0.447. The molecule has 7 nitrogen and oxygen atoms in total. The van der Waals surface area contributed by atoms with E-state index in [1.807, 2.05) is 32.0 Å². The van der Waals surface area contributed by atoms with E-state index in [0.717, 1.165) is 5.56 Å². The van der Waals surface area contributed by atoms with Crippen molar-refractivity contribution in [1.29, 1.82) is 0 Å². The van der Waals surface area contributed by atoms with E-state index in [-0.39, 0.29) is 0 Å². The van der Waals surface area contributed by atoms with Crippen LogP contribution in [0.1, 0.15) is 37.1 Å². The summed E-state index contributed by atoms with van der Waals surface area (Å²) < 4.78 is 16.2. The van der Waals surface area contributed by atoms with Gasteiger partial charge < -0.3 is 19.9 Å². The number of benzene rings is 1. The number of nitrogens with two attached hydrogens (primary N) is 1. The molecule has 3 N–H and O–H groups in total. The monoisotopic (exact) mass is 306 g/mol. The second kappa shape index (κ2) is 7.77. The van der Waals surface area contributed by atoms with E-state index in [0.29, 0.717) is 43.0 Å². The molecule has 0 bridgehead atoms. The normalized spacial score (nSPS) is 12.2. The minimum Gasteiger partial charge on any atom is -0.490 e. The first-order valence-corrected chi connectivity index (χ1v) is 7.24. The first-order valence-electron chi connectivity index (χ1n) is 7.24. The summed E-state index contributed by atoms with van der Waals surface area (Å²) in [6, 6.07) is 5.17. The van der Waals surface area contributed by atoms with Crippen molar-refractivity contribution < 1.29 is 14.2 Å². The Labute approximate surface area is 129 Å². The molecule has 120 valence electrons. The number of ether oxygens (including phenoxy) is 3. The SMILES string of the molecule is CCOc1ccc(C(N)c2n[nH]c(COC)n2)cc1OCC. The van der Waals surface area contributed by atoms with Crippen LogP contribution in [-0.4, -0.2) is 35.5 Å². The summed E-state index contributed by atoms with van der Waals surface area (Å²) >= 11 is 0. The van der Waals surface area contributed by atoms with E-state index in [2.05, 4.69) is 15.2 Å². The fourth-order valence-electron chi connectivity index (χ4n) is 2.06. The minimum absolute atomic E-state index is 0.368. The van der Waals surface area contributed by atoms with Gasteiger partial charge in [0, 0.05) is 7.11 Å². The number of nitrogens with zero attached hydrogens (tertiary/aromatic N) is 2. The Bertz CT molecular complexity index is 600. The zero-order chi connectivity index (χ0) is 15.9. The Morgan fingerprint density at radius 2 is 1.91 bits per heavy atom. The van der Waals surface area contributed by atoms with Crippen LogP contribution in [0.3, 0.4) is 0 Å². The molecule has 0 aliphatic rings. The van der Waals surface area contributed by atoms with E-state index in [1.165, 1.54) is 0 Å². The molecule has 0 aliphatic carbocycles. The lowest BCUT2D eigenvalue weighted by atomic mass is 10.1. The van der Waals surface area contributed by atoms with Crippen LogP contribution < -0.4 is 15.2 Å². The van der Waals surface area contributed by atoms with Crippen LogP contribution in [0, 0.1) is 0 Å². The zero-order valence-corrected chi connectivity index (χ0v) is 13.1. The number of methoxy groups -OCH3 is 1. The number of rotatable bonds is 8. The maximum atomic E-state index is 6.23. The van der Waals surface area contributed by atoms with Gasteiger partial charge in [0.05, 0.1) is 19.3 Å². The molecular formula is C15H22N4O3. The Balaban J connectivity index is 2.24. The molecule has 0 saturated heterocycles. The van der Waals surface area contributed by atoms with Crippen LogP contribution in [-0.2, 0) is 11.3 Å². The van der Waals surface area contributed by atoms with Crippen molar-refractivity contribution in [2.24, 2.45) is 5.73 Å². The van der Waals surface area contributed by atoms with Gasteiger partial charge >= 0.3 is 0 Å². The highest BCUT2D eigenvalue weighted by Gasteiger charge is 2.17. The largest absolute Gasteiger partial charge is 0.490 e. The van der Waals surface area contributed by atoms with Gasteiger partial charge in [-0.15, -0.1) is 0 Å². The third-order valence-electron chi connectivity index (χ3n) is 3.03. The molecule has 1 atom stereocenters. The Morgan fingerprint density at radius 3 is 2.59 bits per heavy atom. The molecule has 0 saturated carbocycles. The van der Waals surface area contributed by atoms with E-state index in [4.69, 9.17) is 19.9 Å². The number of H-pyrrole nitrogens is 1. The number of aromatic amines is 1. The van der Waals surface area contributed by atoms with E-state index < -0.39 is 6.04 Å². The number of hydrogen-bond donors (Lipinski definition) is 2. The van der Waals surface area contributed by atoms with Crippen molar-refractivity contribution in [3.05, 3.63) is 35.4 Å². The smallest absolute Gasteiger partial charge is 0.171 e. The maximum Gasteiger partial charge on any atom is 0.171 e. The molecule has 1 aromatic heterocycles. The van der Waals surface area contributed by atoms with Gasteiger partial charge in [0.15, 0.2) is 23.1 Å².